The molecule has 4 heteroatoms. The van der Waals surface area contributed by atoms with Crippen LogP contribution in [0.5, 0.6) is 0 Å². The summed E-state index contributed by atoms with van der Waals surface area (Å²) in [6.07, 6.45) is 5.57. The van der Waals surface area contributed by atoms with Crippen LogP contribution in [0.1, 0.15) is 32.1 Å². The summed E-state index contributed by atoms with van der Waals surface area (Å²) in [6.45, 7) is 5.42. The number of rotatable bonds is 4. The van der Waals surface area contributed by atoms with Gasteiger partial charge in [0.15, 0.2) is 6.29 Å². The molecule has 1 unspecified atom stereocenters. The standard InChI is InChI=1S/C9H17O2.ClH.Mg/c1-2-3-7-10-9-6-4-5-8-11-9;;/h9H,1-8H2;1H;/q-1;;+2/p-1. The average Bonchev–Trinajstić information content (AvgIpc) is 2.07. The van der Waals surface area contributed by atoms with Crippen LogP contribution in [0.4, 0.5) is 0 Å². The van der Waals surface area contributed by atoms with E-state index in [1.165, 1.54) is 12.8 Å². The van der Waals surface area contributed by atoms with Crippen molar-refractivity contribution in [2.45, 2.75) is 38.4 Å². The molecule has 0 aliphatic carbocycles. The van der Waals surface area contributed by atoms with Crippen molar-refractivity contribution in [1.82, 2.24) is 0 Å². The van der Waals surface area contributed by atoms with Crippen molar-refractivity contribution in [3.63, 3.8) is 0 Å². The first-order valence-corrected chi connectivity index (χ1v) is 4.46. The molecule has 1 rings (SSSR count). The van der Waals surface area contributed by atoms with Gasteiger partial charge in [-0.05, 0) is 19.3 Å². The molecule has 0 aromatic carbocycles. The molecule has 1 fully saturated rings. The van der Waals surface area contributed by atoms with Gasteiger partial charge in [0.25, 0.3) is 0 Å². The van der Waals surface area contributed by atoms with E-state index in [1.54, 1.807) is 0 Å². The number of hydrogen-bond acceptors (Lipinski definition) is 2. The Morgan fingerprint density at radius 3 is 2.69 bits per heavy atom. The molecule has 2 nitrogen and oxygen atoms in total. The molecular formula is C9H17ClMgO2. The van der Waals surface area contributed by atoms with E-state index in [4.69, 9.17) is 9.47 Å². The number of unbranched alkanes of at least 4 members (excludes halogenated alkanes) is 1. The monoisotopic (exact) mass is 216 g/mol. The van der Waals surface area contributed by atoms with Crippen LogP contribution in [0, 0.1) is 6.92 Å². The van der Waals surface area contributed by atoms with Gasteiger partial charge < -0.3 is 28.8 Å². The number of halogens is 1. The van der Waals surface area contributed by atoms with E-state index < -0.39 is 0 Å². The fourth-order valence-electron chi connectivity index (χ4n) is 1.16. The molecule has 74 valence electrons. The normalized spacial score (nSPS) is 21.5. The van der Waals surface area contributed by atoms with Gasteiger partial charge in [-0.3, -0.25) is 0 Å². The SMILES string of the molecule is [CH2-]CCCOC1CCCCO1.[Cl-].[Mg+2]. The molecule has 1 aliphatic heterocycles. The molecule has 1 atom stereocenters. The Morgan fingerprint density at radius 2 is 2.15 bits per heavy atom. The predicted octanol–water partition coefficient (Wildman–Crippen LogP) is -1.23. The first-order valence-electron chi connectivity index (χ1n) is 4.46. The molecule has 0 bridgehead atoms. The zero-order valence-corrected chi connectivity index (χ0v) is 10.3. The second-order valence-electron chi connectivity index (χ2n) is 2.87. The maximum absolute atomic E-state index is 5.46. The van der Waals surface area contributed by atoms with Crippen LogP contribution in [0.25, 0.3) is 0 Å². The van der Waals surface area contributed by atoms with Crippen LogP contribution in [-0.2, 0) is 9.47 Å². The van der Waals surface area contributed by atoms with Crippen LogP contribution < -0.4 is 12.4 Å². The van der Waals surface area contributed by atoms with E-state index in [0.717, 1.165) is 32.5 Å². The summed E-state index contributed by atoms with van der Waals surface area (Å²) in [5, 5.41) is 0. The minimum Gasteiger partial charge on any atom is -1.00 e. The van der Waals surface area contributed by atoms with Gasteiger partial charge >= 0.3 is 23.1 Å². The third-order valence-electron chi connectivity index (χ3n) is 1.84. The van der Waals surface area contributed by atoms with Crippen LogP contribution in [0.3, 0.4) is 0 Å². The van der Waals surface area contributed by atoms with Crippen molar-refractivity contribution in [1.29, 1.82) is 0 Å². The topological polar surface area (TPSA) is 18.5 Å². The van der Waals surface area contributed by atoms with Crippen LogP contribution in [-0.4, -0.2) is 42.6 Å². The largest absolute Gasteiger partial charge is 2.00 e. The zero-order valence-electron chi connectivity index (χ0n) is 8.14. The maximum Gasteiger partial charge on any atom is 2.00 e. The molecule has 1 saturated heterocycles. The second-order valence-corrected chi connectivity index (χ2v) is 2.87. The summed E-state index contributed by atoms with van der Waals surface area (Å²) in [7, 11) is 0. The molecule has 0 spiro atoms. The van der Waals surface area contributed by atoms with Gasteiger partial charge in [-0.2, -0.15) is 6.42 Å². The van der Waals surface area contributed by atoms with E-state index in [-0.39, 0.29) is 41.7 Å². The molecule has 0 N–H and O–H groups in total. The quantitative estimate of drug-likeness (QED) is 0.333. The van der Waals surface area contributed by atoms with E-state index in [9.17, 15) is 0 Å². The van der Waals surface area contributed by atoms with Gasteiger partial charge in [-0.15, -0.1) is 0 Å². The smallest absolute Gasteiger partial charge is 1.00 e. The van der Waals surface area contributed by atoms with Crippen molar-refractivity contribution in [3.05, 3.63) is 6.92 Å². The summed E-state index contributed by atoms with van der Waals surface area (Å²) in [5.41, 5.74) is 0. The fourth-order valence-corrected chi connectivity index (χ4v) is 1.16. The zero-order chi connectivity index (χ0) is 7.94. The van der Waals surface area contributed by atoms with E-state index in [1.807, 2.05) is 0 Å². The van der Waals surface area contributed by atoms with Gasteiger partial charge in [0.05, 0.1) is 0 Å². The molecule has 0 amide bonds. The van der Waals surface area contributed by atoms with Crippen molar-refractivity contribution in [3.8, 4) is 0 Å². The minimum absolute atomic E-state index is 0. The van der Waals surface area contributed by atoms with Gasteiger partial charge in [-0.1, -0.05) is 6.42 Å². The summed E-state index contributed by atoms with van der Waals surface area (Å²) >= 11 is 0. The molecule has 0 aromatic heterocycles. The van der Waals surface area contributed by atoms with Crippen molar-refractivity contribution in [2.24, 2.45) is 0 Å². The van der Waals surface area contributed by atoms with Crippen LogP contribution >= 0.6 is 0 Å². The second kappa shape index (κ2) is 11.1. The summed E-state index contributed by atoms with van der Waals surface area (Å²) in [4.78, 5) is 0. The first-order chi connectivity index (χ1) is 5.43. The summed E-state index contributed by atoms with van der Waals surface area (Å²) < 4.78 is 10.8. The maximum atomic E-state index is 5.46. The molecular weight excluding hydrogens is 200 g/mol. The van der Waals surface area contributed by atoms with Crippen molar-refractivity contribution in [2.75, 3.05) is 13.2 Å². The Kier molecular flexibility index (Phi) is 14.0. The van der Waals surface area contributed by atoms with Crippen LogP contribution in [0.2, 0.25) is 0 Å². The summed E-state index contributed by atoms with van der Waals surface area (Å²) in [6, 6.07) is 0. The Balaban J connectivity index is 0. The molecule has 0 saturated carbocycles. The van der Waals surface area contributed by atoms with Crippen molar-refractivity contribution >= 4 is 23.1 Å². The average molecular weight is 217 g/mol. The van der Waals surface area contributed by atoms with E-state index >= 15 is 0 Å². The van der Waals surface area contributed by atoms with E-state index in [2.05, 4.69) is 6.92 Å². The summed E-state index contributed by atoms with van der Waals surface area (Å²) in [5.74, 6) is 0. The van der Waals surface area contributed by atoms with Crippen molar-refractivity contribution < 1.29 is 21.9 Å². The molecule has 0 radical (unpaired) electrons. The van der Waals surface area contributed by atoms with Gasteiger partial charge in [0.1, 0.15) is 0 Å². The van der Waals surface area contributed by atoms with Gasteiger partial charge in [0.2, 0.25) is 0 Å². The number of ether oxygens (including phenoxy) is 2. The third kappa shape index (κ3) is 8.00. The first kappa shape index (κ1) is 16.4. The molecule has 13 heavy (non-hydrogen) atoms. The Labute approximate surface area is 103 Å². The predicted molar refractivity (Wildman–Crippen MR) is 49.9 cm³/mol. The Hall–Kier alpha value is 0.976. The molecule has 0 aromatic rings. The molecule has 1 heterocycles. The van der Waals surface area contributed by atoms with E-state index in [0.29, 0.717) is 0 Å². The van der Waals surface area contributed by atoms with Gasteiger partial charge in [0, 0.05) is 13.2 Å². The molecule has 1 aliphatic rings. The third-order valence-corrected chi connectivity index (χ3v) is 1.84. The van der Waals surface area contributed by atoms with Gasteiger partial charge in [-0.25, -0.2) is 0 Å². The minimum atomic E-state index is 0. The Morgan fingerprint density at radius 1 is 1.38 bits per heavy atom. The van der Waals surface area contributed by atoms with Crippen LogP contribution in [0.15, 0.2) is 0 Å². The fraction of sp³-hybridized carbons (Fsp3) is 0.889. The number of hydrogen-bond donors (Lipinski definition) is 0. The Bertz CT molecular complexity index is 97.6.